The fraction of sp³-hybridized carbons (Fsp3) is 0.462. The lowest BCUT2D eigenvalue weighted by molar-refractivity contribution is 0.0644. The van der Waals surface area contributed by atoms with Crippen molar-refractivity contribution < 1.29 is 4.79 Å². The van der Waals surface area contributed by atoms with Gasteiger partial charge in [0.1, 0.15) is 0 Å². The third-order valence-electron chi connectivity index (χ3n) is 3.26. The molecule has 0 aliphatic carbocycles. The van der Waals surface area contributed by atoms with Crippen LogP contribution in [0, 0.1) is 6.92 Å². The first kappa shape index (κ1) is 12.1. The quantitative estimate of drug-likeness (QED) is 0.776. The molecule has 1 aromatic carbocycles. The molecule has 1 atom stereocenters. The van der Waals surface area contributed by atoms with Crippen molar-refractivity contribution >= 4 is 5.91 Å². The summed E-state index contributed by atoms with van der Waals surface area (Å²) in [6, 6.07) is 7.81. The van der Waals surface area contributed by atoms with Gasteiger partial charge in [-0.2, -0.15) is 0 Å². The van der Waals surface area contributed by atoms with E-state index in [1.54, 1.807) is 0 Å². The third kappa shape index (κ3) is 2.48. The number of nitrogens with one attached hydrogen (secondary N) is 1. The van der Waals surface area contributed by atoms with E-state index in [0.29, 0.717) is 6.54 Å². The van der Waals surface area contributed by atoms with Crippen molar-refractivity contribution in [3.63, 3.8) is 0 Å². The van der Waals surface area contributed by atoms with Gasteiger partial charge >= 0.3 is 0 Å². The molecule has 4 nitrogen and oxygen atoms in total. The van der Waals surface area contributed by atoms with Crippen LogP contribution < -0.4 is 11.1 Å². The van der Waals surface area contributed by atoms with Crippen LogP contribution in [-0.2, 0) is 0 Å². The molecule has 0 aromatic heterocycles. The maximum absolute atomic E-state index is 12.4. The van der Waals surface area contributed by atoms with Gasteiger partial charge in [-0.05, 0) is 18.6 Å². The summed E-state index contributed by atoms with van der Waals surface area (Å²) in [4.78, 5) is 14.3. The first-order valence-corrected chi connectivity index (χ1v) is 6.01. The molecule has 2 rings (SSSR count). The summed E-state index contributed by atoms with van der Waals surface area (Å²) >= 11 is 0. The van der Waals surface area contributed by atoms with Crippen LogP contribution in [0.15, 0.2) is 24.3 Å². The zero-order valence-corrected chi connectivity index (χ0v) is 10.1. The third-order valence-corrected chi connectivity index (χ3v) is 3.26. The highest BCUT2D eigenvalue weighted by atomic mass is 16.2. The smallest absolute Gasteiger partial charge is 0.254 e. The summed E-state index contributed by atoms with van der Waals surface area (Å²) in [5, 5.41) is 3.26. The zero-order valence-electron chi connectivity index (χ0n) is 10.1. The Kier molecular flexibility index (Phi) is 3.76. The number of hydrogen-bond acceptors (Lipinski definition) is 3. The van der Waals surface area contributed by atoms with Crippen LogP contribution in [0.25, 0.3) is 0 Å². The Bertz CT molecular complexity index is 405. The predicted octanol–water partition coefficient (Wildman–Crippen LogP) is 0.368. The number of nitrogens with two attached hydrogens (primary N) is 1. The van der Waals surface area contributed by atoms with E-state index in [9.17, 15) is 4.79 Å². The largest absolute Gasteiger partial charge is 0.332 e. The Morgan fingerprint density at radius 1 is 1.53 bits per heavy atom. The van der Waals surface area contributed by atoms with Crippen LogP contribution in [0.4, 0.5) is 0 Å². The molecular weight excluding hydrogens is 214 g/mol. The van der Waals surface area contributed by atoms with Crippen LogP contribution >= 0.6 is 0 Å². The number of rotatable bonds is 2. The lowest BCUT2D eigenvalue weighted by Crippen LogP contribution is -2.56. The van der Waals surface area contributed by atoms with Gasteiger partial charge in [-0.15, -0.1) is 0 Å². The summed E-state index contributed by atoms with van der Waals surface area (Å²) in [6.07, 6.45) is 0. The molecular formula is C13H19N3O. The van der Waals surface area contributed by atoms with Crippen molar-refractivity contribution in [3.05, 3.63) is 35.4 Å². The minimum atomic E-state index is 0.0973. The van der Waals surface area contributed by atoms with Crippen molar-refractivity contribution in [2.24, 2.45) is 5.73 Å². The number of hydrogen-bond donors (Lipinski definition) is 2. The highest BCUT2D eigenvalue weighted by molar-refractivity contribution is 5.95. The molecule has 4 heteroatoms. The molecule has 1 aliphatic rings. The van der Waals surface area contributed by atoms with Crippen molar-refractivity contribution in [2.75, 3.05) is 26.2 Å². The normalized spacial score (nSPS) is 20.4. The van der Waals surface area contributed by atoms with Crippen molar-refractivity contribution in [2.45, 2.75) is 13.0 Å². The number of amides is 1. The maximum atomic E-state index is 12.4. The second kappa shape index (κ2) is 5.29. The first-order valence-electron chi connectivity index (χ1n) is 6.01. The average Bonchev–Trinajstić information content (AvgIpc) is 2.38. The van der Waals surface area contributed by atoms with Gasteiger partial charge in [-0.25, -0.2) is 0 Å². The lowest BCUT2D eigenvalue weighted by Gasteiger charge is -2.35. The van der Waals surface area contributed by atoms with Crippen molar-refractivity contribution in [1.82, 2.24) is 10.2 Å². The van der Waals surface area contributed by atoms with Crippen molar-refractivity contribution in [3.8, 4) is 0 Å². The highest BCUT2D eigenvalue weighted by Crippen LogP contribution is 2.13. The molecule has 3 N–H and O–H groups in total. The van der Waals surface area contributed by atoms with Crippen LogP contribution in [0.3, 0.4) is 0 Å². The number of nitrogens with zero attached hydrogens (tertiary/aromatic N) is 1. The number of aryl methyl sites for hydroxylation is 1. The van der Waals surface area contributed by atoms with Crippen LogP contribution in [0.5, 0.6) is 0 Å². The number of carbonyl (C=O) groups is 1. The molecule has 1 aliphatic heterocycles. The Balaban J connectivity index is 2.21. The molecule has 0 saturated carbocycles. The van der Waals surface area contributed by atoms with Crippen LogP contribution in [0.2, 0.25) is 0 Å². The van der Waals surface area contributed by atoms with Crippen LogP contribution in [0.1, 0.15) is 15.9 Å². The summed E-state index contributed by atoms with van der Waals surface area (Å²) in [5.74, 6) is 0.0973. The van der Waals surface area contributed by atoms with Gasteiger partial charge in [0.05, 0.1) is 6.04 Å². The molecule has 0 bridgehead atoms. The Labute approximate surface area is 102 Å². The molecule has 1 fully saturated rings. The van der Waals surface area contributed by atoms with Gasteiger partial charge in [0, 0.05) is 31.7 Å². The molecule has 17 heavy (non-hydrogen) atoms. The second-order valence-electron chi connectivity index (χ2n) is 4.41. The Hall–Kier alpha value is -1.39. The monoisotopic (exact) mass is 233 g/mol. The van der Waals surface area contributed by atoms with Crippen LogP contribution in [-0.4, -0.2) is 43.0 Å². The van der Waals surface area contributed by atoms with E-state index >= 15 is 0 Å². The Morgan fingerprint density at radius 2 is 2.29 bits per heavy atom. The molecule has 1 saturated heterocycles. The van der Waals surface area contributed by atoms with E-state index in [0.717, 1.165) is 30.8 Å². The predicted molar refractivity (Wildman–Crippen MR) is 67.9 cm³/mol. The minimum Gasteiger partial charge on any atom is -0.332 e. The van der Waals surface area contributed by atoms with Gasteiger partial charge in [-0.1, -0.05) is 18.2 Å². The van der Waals surface area contributed by atoms with E-state index < -0.39 is 0 Å². The van der Waals surface area contributed by atoms with E-state index in [1.165, 1.54) is 0 Å². The van der Waals surface area contributed by atoms with E-state index in [2.05, 4.69) is 5.32 Å². The average molecular weight is 233 g/mol. The first-order chi connectivity index (χ1) is 8.24. The minimum absolute atomic E-state index is 0.0973. The zero-order chi connectivity index (χ0) is 12.3. The molecule has 1 aromatic rings. The van der Waals surface area contributed by atoms with E-state index in [4.69, 9.17) is 5.73 Å². The molecule has 0 spiro atoms. The fourth-order valence-corrected chi connectivity index (χ4v) is 2.21. The topological polar surface area (TPSA) is 58.4 Å². The molecule has 1 unspecified atom stereocenters. The molecule has 92 valence electrons. The van der Waals surface area contributed by atoms with E-state index in [-0.39, 0.29) is 11.9 Å². The Morgan fingerprint density at radius 3 is 3.00 bits per heavy atom. The second-order valence-corrected chi connectivity index (χ2v) is 4.41. The lowest BCUT2D eigenvalue weighted by atomic mass is 10.1. The summed E-state index contributed by atoms with van der Waals surface area (Å²) in [6.45, 7) is 4.83. The van der Waals surface area contributed by atoms with Gasteiger partial charge < -0.3 is 16.0 Å². The summed E-state index contributed by atoms with van der Waals surface area (Å²) in [7, 11) is 0. The van der Waals surface area contributed by atoms with Crippen molar-refractivity contribution in [1.29, 1.82) is 0 Å². The summed E-state index contributed by atoms with van der Waals surface area (Å²) < 4.78 is 0. The highest BCUT2D eigenvalue weighted by Gasteiger charge is 2.26. The molecule has 0 radical (unpaired) electrons. The van der Waals surface area contributed by atoms with Gasteiger partial charge in [-0.3, -0.25) is 4.79 Å². The summed E-state index contributed by atoms with van der Waals surface area (Å²) in [5.41, 5.74) is 7.52. The standard InChI is InChI=1S/C13H19N3O/c1-10-4-2-3-5-12(10)13(17)16-7-6-15-9-11(16)8-14/h2-5,11,15H,6-9,14H2,1H3. The maximum Gasteiger partial charge on any atom is 0.254 e. The molecule has 1 amide bonds. The van der Waals surface area contributed by atoms with Gasteiger partial charge in [0.15, 0.2) is 0 Å². The number of carbonyl (C=O) groups excluding carboxylic acids is 1. The number of piperazine rings is 1. The van der Waals surface area contributed by atoms with Gasteiger partial charge in [0.2, 0.25) is 0 Å². The number of benzene rings is 1. The molecule has 1 heterocycles. The fourth-order valence-electron chi connectivity index (χ4n) is 2.21. The van der Waals surface area contributed by atoms with E-state index in [1.807, 2.05) is 36.1 Å². The van der Waals surface area contributed by atoms with Gasteiger partial charge in [0.25, 0.3) is 5.91 Å². The SMILES string of the molecule is Cc1ccccc1C(=O)N1CCNCC1CN.